The number of rotatable bonds is 6. The number of nitrogens with one attached hydrogen (secondary N) is 2. The first-order chi connectivity index (χ1) is 13.5. The highest BCUT2D eigenvalue weighted by molar-refractivity contribution is 6.06. The first kappa shape index (κ1) is 20.1. The molecule has 0 radical (unpaired) electrons. The summed E-state index contributed by atoms with van der Waals surface area (Å²) in [5.74, 6) is -0.178. The van der Waals surface area contributed by atoms with Crippen LogP contribution in [-0.4, -0.2) is 36.3 Å². The molecule has 1 saturated heterocycles. The number of amides is 2. The summed E-state index contributed by atoms with van der Waals surface area (Å²) in [7, 11) is 2.06. The molecule has 1 aliphatic rings. The lowest BCUT2D eigenvalue weighted by molar-refractivity contribution is -0.117. The van der Waals surface area contributed by atoms with Crippen LogP contribution in [0, 0.1) is 6.92 Å². The van der Waals surface area contributed by atoms with Crippen LogP contribution in [0.3, 0.4) is 0 Å². The Morgan fingerprint density at radius 1 is 1.11 bits per heavy atom. The highest BCUT2D eigenvalue weighted by Crippen LogP contribution is 2.22. The smallest absolute Gasteiger partial charge is 0.255 e. The topological polar surface area (TPSA) is 61.4 Å². The van der Waals surface area contributed by atoms with Gasteiger partial charge in [-0.15, -0.1) is 0 Å². The third-order valence-corrected chi connectivity index (χ3v) is 5.51. The fourth-order valence-electron chi connectivity index (χ4n) is 3.70. The highest BCUT2D eigenvalue weighted by Gasteiger charge is 2.23. The number of aryl methyl sites for hydroxylation is 2. The minimum absolute atomic E-state index is 0.00395. The van der Waals surface area contributed by atoms with Crippen LogP contribution in [-0.2, 0) is 11.2 Å². The summed E-state index contributed by atoms with van der Waals surface area (Å²) >= 11 is 0. The van der Waals surface area contributed by atoms with E-state index in [1.54, 1.807) is 12.1 Å². The SMILES string of the molecule is CCc1ccccc1NC(=O)c1ccc(C)c(NC(=O)CC2CCCN2C)c1. The van der Waals surface area contributed by atoms with E-state index in [4.69, 9.17) is 0 Å². The Morgan fingerprint density at radius 2 is 1.89 bits per heavy atom. The number of carbonyl (C=O) groups is 2. The second-order valence-electron chi connectivity index (χ2n) is 7.52. The maximum Gasteiger partial charge on any atom is 0.255 e. The molecular weight excluding hydrogens is 350 g/mol. The molecule has 2 aromatic carbocycles. The first-order valence-electron chi connectivity index (χ1n) is 9.98. The van der Waals surface area contributed by atoms with E-state index in [2.05, 4.69) is 29.5 Å². The van der Waals surface area contributed by atoms with Gasteiger partial charge in [-0.1, -0.05) is 31.2 Å². The fraction of sp³-hybridized carbons (Fsp3) is 0.391. The van der Waals surface area contributed by atoms with Crippen molar-refractivity contribution in [3.8, 4) is 0 Å². The molecule has 0 saturated carbocycles. The van der Waals surface area contributed by atoms with E-state index in [0.717, 1.165) is 42.6 Å². The van der Waals surface area contributed by atoms with E-state index >= 15 is 0 Å². The van der Waals surface area contributed by atoms with Crippen LogP contribution in [0.2, 0.25) is 0 Å². The fourth-order valence-corrected chi connectivity index (χ4v) is 3.70. The van der Waals surface area contributed by atoms with Crippen LogP contribution in [0.4, 0.5) is 11.4 Å². The minimum atomic E-state index is -0.174. The van der Waals surface area contributed by atoms with Crippen molar-refractivity contribution in [3.63, 3.8) is 0 Å². The molecule has 2 amide bonds. The molecule has 1 aliphatic heterocycles. The molecule has 1 unspecified atom stereocenters. The summed E-state index contributed by atoms with van der Waals surface area (Å²) in [5.41, 5.74) is 4.09. The maximum absolute atomic E-state index is 12.7. The number of nitrogens with zero attached hydrogens (tertiary/aromatic N) is 1. The Balaban J connectivity index is 1.70. The summed E-state index contributed by atoms with van der Waals surface area (Å²) < 4.78 is 0. The van der Waals surface area contributed by atoms with Crippen LogP contribution in [0.15, 0.2) is 42.5 Å². The van der Waals surface area contributed by atoms with Crippen molar-refractivity contribution in [2.75, 3.05) is 24.2 Å². The quantitative estimate of drug-likeness (QED) is 0.789. The molecule has 0 aliphatic carbocycles. The zero-order valence-corrected chi connectivity index (χ0v) is 16.9. The number of likely N-dealkylation sites (tertiary alicyclic amines) is 1. The van der Waals surface area contributed by atoms with Crippen molar-refractivity contribution in [3.05, 3.63) is 59.2 Å². The van der Waals surface area contributed by atoms with Crippen LogP contribution >= 0.6 is 0 Å². The van der Waals surface area contributed by atoms with Gasteiger partial charge in [0, 0.05) is 29.4 Å². The van der Waals surface area contributed by atoms with Gasteiger partial charge in [-0.3, -0.25) is 9.59 Å². The van der Waals surface area contributed by atoms with Crippen molar-refractivity contribution in [2.24, 2.45) is 0 Å². The molecule has 1 fully saturated rings. The molecule has 2 aromatic rings. The number of hydrogen-bond acceptors (Lipinski definition) is 3. The zero-order chi connectivity index (χ0) is 20.1. The Labute approximate surface area is 167 Å². The number of para-hydroxylation sites is 1. The Morgan fingerprint density at radius 3 is 2.61 bits per heavy atom. The van der Waals surface area contributed by atoms with Gasteiger partial charge >= 0.3 is 0 Å². The molecule has 0 aromatic heterocycles. The van der Waals surface area contributed by atoms with Gasteiger partial charge in [0.15, 0.2) is 0 Å². The lowest BCUT2D eigenvalue weighted by Crippen LogP contribution is -2.29. The first-order valence-corrected chi connectivity index (χ1v) is 9.98. The molecule has 0 spiro atoms. The molecule has 5 nitrogen and oxygen atoms in total. The van der Waals surface area contributed by atoms with Crippen molar-refractivity contribution < 1.29 is 9.59 Å². The van der Waals surface area contributed by atoms with Gasteiger partial charge in [-0.2, -0.15) is 0 Å². The Kier molecular flexibility index (Phi) is 6.47. The summed E-state index contributed by atoms with van der Waals surface area (Å²) in [6.07, 6.45) is 3.53. The standard InChI is InChI=1S/C23H29N3O2/c1-4-17-8-5-6-10-20(17)25-23(28)18-12-11-16(2)21(14-18)24-22(27)15-19-9-7-13-26(19)3/h5-6,8,10-12,14,19H,4,7,9,13,15H2,1-3H3,(H,24,27)(H,25,28). The number of carbonyl (C=O) groups excluding carboxylic acids is 2. The molecule has 0 bridgehead atoms. The van der Waals surface area contributed by atoms with Crippen molar-refractivity contribution in [2.45, 2.75) is 45.6 Å². The second kappa shape index (κ2) is 9.02. The van der Waals surface area contributed by atoms with Gasteiger partial charge in [0.1, 0.15) is 0 Å². The lowest BCUT2D eigenvalue weighted by Gasteiger charge is -2.19. The van der Waals surface area contributed by atoms with E-state index in [1.165, 1.54) is 0 Å². The maximum atomic E-state index is 12.7. The van der Waals surface area contributed by atoms with Gasteiger partial charge in [0.25, 0.3) is 5.91 Å². The lowest BCUT2D eigenvalue weighted by atomic mass is 10.1. The molecule has 5 heteroatoms. The monoisotopic (exact) mass is 379 g/mol. The van der Waals surface area contributed by atoms with Gasteiger partial charge in [-0.25, -0.2) is 0 Å². The second-order valence-corrected chi connectivity index (χ2v) is 7.52. The van der Waals surface area contributed by atoms with E-state index in [1.807, 2.05) is 37.3 Å². The average Bonchev–Trinajstić information content (AvgIpc) is 3.08. The summed E-state index contributed by atoms with van der Waals surface area (Å²) in [5, 5.41) is 5.98. The van der Waals surface area contributed by atoms with Crippen LogP contribution in [0.5, 0.6) is 0 Å². The van der Waals surface area contributed by atoms with Gasteiger partial charge < -0.3 is 15.5 Å². The molecule has 148 valence electrons. The Hall–Kier alpha value is -2.66. The average molecular weight is 380 g/mol. The predicted molar refractivity (Wildman–Crippen MR) is 114 cm³/mol. The number of hydrogen-bond donors (Lipinski definition) is 2. The highest BCUT2D eigenvalue weighted by atomic mass is 16.2. The van der Waals surface area contributed by atoms with Gasteiger partial charge in [0.2, 0.25) is 5.91 Å². The Bertz CT molecular complexity index is 863. The molecule has 28 heavy (non-hydrogen) atoms. The van der Waals surface area contributed by atoms with E-state index in [-0.39, 0.29) is 11.8 Å². The third kappa shape index (κ3) is 4.78. The van der Waals surface area contributed by atoms with Crippen molar-refractivity contribution >= 4 is 23.2 Å². The third-order valence-electron chi connectivity index (χ3n) is 5.51. The predicted octanol–water partition coefficient (Wildman–Crippen LogP) is 4.23. The number of benzene rings is 2. The molecule has 2 N–H and O–H groups in total. The van der Waals surface area contributed by atoms with E-state index in [9.17, 15) is 9.59 Å². The molecule has 1 atom stereocenters. The van der Waals surface area contributed by atoms with Gasteiger partial charge in [0.05, 0.1) is 0 Å². The molecular formula is C23H29N3O2. The van der Waals surface area contributed by atoms with Gasteiger partial charge in [-0.05, 0) is 69.1 Å². The normalized spacial score (nSPS) is 16.8. The molecule has 1 heterocycles. The van der Waals surface area contributed by atoms with E-state index in [0.29, 0.717) is 23.7 Å². The van der Waals surface area contributed by atoms with Crippen molar-refractivity contribution in [1.82, 2.24) is 4.90 Å². The van der Waals surface area contributed by atoms with Crippen LogP contribution in [0.25, 0.3) is 0 Å². The summed E-state index contributed by atoms with van der Waals surface area (Å²) in [6, 6.07) is 13.5. The summed E-state index contributed by atoms with van der Waals surface area (Å²) in [4.78, 5) is 27.4. The van der Waals surface area contributed by atoms with Crippen LogP contribution in [0.1, 0.15) is 47.7 Å². The van der Waals surface area contributed by atoms with Crippen molar-refractivity contribution in [1.29, 1.82) is 0 Å². The largest absolute Gasteiger partial charge is 0.326 e. The van der Waals surface area contributed by atoms with E-state index < -0.39 is 0 Å². The minimum Gasteiger partial charge on any atom is -0.326 e. The number of anilines is 2. The van der Waals surface area contributed by atoms with Crippen LogP contribution < -0.4 is 10.6 Å². The summed E-state index contributed by atoms with van der Waals surface area (Å²) in [6.45, 7) is 5.05. The zero-order valence-electron chi connectivity index (χ0n) is 16.9. The molecule has 3 rings (SSSR count).